The molecule has 3 heterocycles. The number of methoxy groups -OCH3 is 1. The Balaban J connectivity index is 1.32. The van der Waals surface area contributed by atoms with Crippen LogP contribution in [0.1, 0.15) is 16.2 Å². The summed E-state index contributed by atoms with van der Waals surface area (Å²) in [4.78, 5) is 25.0. The lowest BCUT2D eigenvalue weighted by Gasteiger charge is -2.33. The summed E-state index contributed by atoms with van der Waals surface area (Å²) in [7, 11) is 1.63. The first-order valence-corrected chi connectivity index (χ1v) is 9.11. The van der Waals surface area contributed by atoms with Crippen molar-refractivity contribution >= 4 is 5.91 Å². The molecule has 0 spiro atoms. The molecule has 0 saturated carbocycles. The summed E-state index contributed by atoms with van der Waals surface area (Å²) >= 11 is 0. The van der Waals surface area contributed by atoms with E-state index in [4.69, 9.17) is 9.26 Å². The predicted molar refractivity (Wildman–Crippen MR) is 102 cm³/mol. The molecule has 2 aromatic heterocycles. The molecule has 1 aromatic carbocycles. The van der Waals surface area contributed by atoms with Crippen LogP contribution in [-0.2, 0) is 6.54 Å². The fraction of sp³-hybridized carbons (Fsp3) is 0.300. The summed E-state index contributed by atoms with van der Waals surface area (Å²) in [6.07, 6.45) is 3.27. The first-order chi connectivity index (χ1) is 13.7. The highest BCUT2D eigenvalue weighted by Gasteiger charge is 2.23. The molecular weight excluding hydrogens is 358 g/mol. The third kappa shape index (κ3) is 4.01. The smallest absolute Gasteiger partial charge is 0.255 e. The minimum absolute atomic E-state index is 0.0207. The van der Waals surface area contributed by atoms with Crippen LogP contribution in [-0.4, -0.2) is 64.1 Å². The highest BCUT2D eigenvalue weighted by Crippen LogP contribution is 2.20. The van der Waals surface area contributed by atoms with Crippen LogP contribution in [0.3, 0.4) is 0 Å². The van der Waals surface area contributed by atoms with Gasteiger partial charge < -0.3 is 14.2 Å². The number of hydrogen-bond donors (Lipinski definition) is 0. The number of ether oxygens (including phenoxy) is 1. The Hall–Kier alpha value is -3.26. The summed E-state index contributed by atoms with van der Waals surface area (Å²) in [5.74, 6) is 1.93. The molecule has 0 unspecified atom stereocenters. The molecule has 3 aromatic rings. The number of carbonyl (C=O) groups is 1. The third-order valence-corrected chi connectivity index (χ3v) is 4.74. The third-order valence-electron chi connectivity index (χ3n) is 4.74. The lowest BCUT2D eigenvalue weighted by Crippen LogP contribution is -2.48. The van der Waals surface area contributed by atoms with Crippen molar-refractivity contribution in [2.45, 2.75) is 6.54 Å². The second-order valence-electron chi connectivity index (χ2n) is 6.55. The summed E-state index contributed by atoms with van der Waals surface area (Å²) in [6, 6.07) is 11.1. The molecule has 0 atom stereocenters. The highest BCUT2D eigenvalue weighted by atomic mass is 16.5. The van der Waals surface area contributed by atoms with Crippen molar-refractivity contribution in [2.24, 2.45) is 0 Å². The zero-order valence-corrected chi connectivity index (χ0v) is 15.6. The Morgan fingerprint density at radius 1 is 1.14 bits per heavy atom. The van der Waals surface area contributed by atoms with Crippen molar-refractivity contribution in [3.63, 3.8) is 0 Å². The van der Waals surface area contributed by atoms with Crippen LogP contribution in [0.15, 0.2) is 53.3 Å². The number of rotatable bonds is 5. The molecule has 0 radical (unpaired) electrons. The minimum Gasteiger partial charge on any atom is -0.497 e. The van der Waals surface area contributed by atoms with Crippen LogP contribution < -0.4 is 4.74 Å². The molecule has 1 amide bonds. The van der Waals surface area contributed by atoms with Crippen LogP contribution in [0.5, 0.6) is 5.75 Å². The Kier molecular flexibility index (Phi) is 5.29. The van der Waals surface area contributed by atoms with Gasteiger partial charge in [-0.3, -0.25) is 14.7 Å². The molecule has 28 heavy (non-hydrogen) atoms. The quantitative estimate of drug-likeness (QED) is 0.671. The van der Waals surface area contributed by atoms with Crippen molar-refractivity contribution in [3.05, 3.63) is 60.2 Å². The van der Waals surface area contributed by atoms with Crippen LogP contribution in [0, 0.1) is 0 Å². The summed E-state index contributed by atoms with van der Waals surface area (Å²) in [5.41, 5.74) is 1.50. The van der Waals surface area contributed by atoms with Gasteiger partial charge in [0.25, 0.3) is 5.91 Å². The molecule has 0 N–H and O–H groups in total. The van der Waals surface area contributed by atoms with Crippen molar-refractivity contribution in [3.8, 4) is 17.1 Å². The van der Waals surface area contributed by atoms with E-state index >= 15 is 0 Å². The lowest BCUT2D eigenvalue weighted by atomic mass is 10.2. The van der Waals surface area contributed by atoms with Crippen LogP contribution in [0.2, 0.25) is 0 Å². The Labute approximate surface area is 162 Å². The predicted octanol–water partition coefficient (Wildman–Crippen LogP) is 2.10. The molecule has 0 aliphatic carbocycles. The average Bonchev–Trinajstić information content (AvgIpc) is 3.23. The Morgan fingerprint density at radius 3 is 2.61 bits per heavy atom. The normalized spacial score (nSPS) is 14.8. The van der Waals surface area contributed by atoms with Crippen molar-refractivity contribution < 1.29 is 14.1 Å². The van der Waals surface area contributed by atoms with Gasteiger partial charge in [0, 0.05) is 44.1 Å². The summed E-state index contributed by atoms with van der Waals surface area (Å²) in [5, 5.41) is 4.07. The molecule has 1 saturated heterocycles. The van der Waals surface area contributed by atoms with Crippen molar-refractivity contribution in [2.75, 3.05) is 33.3 Å². The molecule has 4 rings (SSSR count). The van der Waals surface area contributed by atoms with Gasteiger partial charge in [0.15, 0.2) is 0 Å². The molecule has 8 nitrogen and oxygen atoms in total. The monoisotopic (exact) mass is 379 g/mol. The molecule has 1 aliphatic rings. The van der Waals surface area contributed by atoms with Crippen molar-refractivity contribution in [1.82, 2.24) is 24.9 Å². The fourth-order valence-corrected chi connectivity index (χ4v) is 3.15. The van der Waals surface area contributed by atoms with Gasteiger partial charge >= 0.3 is 0 Å². The average molecular weight is 379 g/mol. The summed E-state index contributed by atoms with van der Waals surface area (Å²) < 4.78 is 10.6. The Morgan fingerprint density at radius 2 is 1.93 bits per heavy atom. The van der Waals surface area contributed by atoms with E-state index in [-0.39, 0.29) is 5.91 Å². The van der Waals surface area contributed by atoms with Crippen LogP contribution >= 0.6 is 0 Å². The van der Waals surface area contributed by atoms with Crippen molar-refractivity contribution in [1.29, 1.82) is 0 Å². The summed E-state index contributed by atoms with van der Waals surface area (Å²) in [6.45, 7) is 3.40. The number of piperazine rings is 1. The minimum atomic E-state index is 0.0207. The van der Waals surface area contributed by atoms with E-state index in [2.05, 4.69) is 20.0 Å². The van der Waals surface area contributed by atoms with Gasteiger partial charge in [-0.05, 0) is 36.4 Å². The van der Waals surface area contributed by atoms with E-state index in [0.717, 1.165) is 24.4 Å². The molecular formula is C20H21N5O3. The van der Waals surface area contributed by atoms with E-state index in [0.29, 0.717) is 36.9 Å². The fourth-order valence-electron chi connectivity index (χ4n) is 3.15. The maximum Gasteiger partial charge on any atom is 0.255 e. The number of nitrogens with zero attached hydrogens (tertiary/aromatic N) is 5. The number of pyridine rings is 1. The van der Waals surface area contributed by atoms with Gasteiger partial charge in [-0.25, -0.2) is 0 Å². The zero-order chi connectivity index (χ0) is 19.3. The van der Waals surface area contributed by atoms with Gasteiger partial charge in [-0.15, -0.1) is 0 Å². The van der Waals surface area contributed by atoms with Crippen LogP contribution in [0.25, 0.3) is 11.4 Å². The highest BCUT2D eigenvalue weighted by molar-refractivity contribution is 5.93. The van der Waals surface area contributed by atoms with E-state index in [1.807, 2.05) is 29.2 Å². The lowest BCUT2D eigenvalue weighted by molar-refractivity contribution is 0.0614. The van der Waals surface area contributed by atoms with Gasteiger partial charge in [0.1, 0.15) is 5.75 Å². The molecule has 8 heteroatoms. The maximum absolute atomic E-state index is 12.5. The van der Waals surface area contributed by atoms with Gasteiger partial charge in [0.2, 0.25) is 11.7 Å². The van der Waals surface area contributed by atoms with Crippen LogP contribution in [0.4, 0.5) is 0 Å². The number of benzene rings is 1. The molecule has 0 bridgehead atoms. The zero-order valence-electron chi connectivity index (χ0n) is 15.6. The van der Waals surface area contributed by atoms with Gasteiger partial charge in [0.05, 0.1) is 19.2 Å². The first kappa shape index (κ1) is 18.1. The number of carbonyl (C=O) groups excluding carboxylic acids is 1. The van der Waals surface area contributed by atoms with E-state index in [1.165, 1.54) is 0 Å². The largest absolute Gasteiger partial charge is 0.497 e. The van der Waals surface area contributed by atoms with E-state index < -0.39 is 0 Å². The van der Waals surface area contributed by atoms with E-state index in [9.17, 15) is 4.79 Å². The number of amides is 1. The first-order valence-electron chi connectivity index (χ1n) is 9.11. The van der Waals surface area contributed by atoms with E-state index in [1.54, 1.807) is 31.6 Å². The maximum atomic E-state index is 12.5. The standard InChI is InChI=1S/C20H21N5O3/c1-27-17-6-4-15(5-7-17)19-22-18(28-23-19)14-24-9-11-25(12-10-24)20(26)16-3-2-8-21-13-16/h2-8,13H,9-12,14H2,1H3. The number of aromatic nitrogens is 3. The number of hydrogen-bond acceptors (Lipinski definition) is 7. The molecule has 1 fully saturated rings. The second kappa shape index (κ2) is 8.18. The topological polar surface area (TPSA) is 84.6 Å². The molecule has 1 aliphatic heterocycles. The van der Waals surface area contributed by atoms with Gasteiger partial charge in [-0.2, -0.15) is 4.98 Å². The second-order valence-corrected chi connectivity index (χ2v) is 6.55. The molecule has 144 valence electrons. The Bertz CT molecular complexity index is 919. The van der Waals surface area contributed by atoms with Gasteiger partial charge in [-0.1, -0.05) is 5.16 Å². The SMILES string of the molecule is COc1ccc(-c2noc(CN3CCN(C(=O)c4cccnc4)CC3)n2)cc1.